The molecule has 0 spiro atoms. The van der Waals surface area contributed by atoms with E-state index in [0.29, 0.717) is 0 Å². The number of hydrogen-bond acceptors (Lipinski definition) is 8. The highest BCUT2D eigenvalue weighted by molar-refractivity contribution is 5.75. The summed E-state index contributed by atoms with van der Waals surface area (Å²) in [7, 11) is 0. The van der Waals surface area contributed by atoms with E-state index in [1.165, 1.54) is 12.1 Å². The first kappa shape index (κ1) is 16.2. The van der Waals surface area contributed by atoms with Crippen molar-refractivity contribution in [2.45, 2.75) is 19.3 Å². The highest BCUT2D eigenvalue weighted by Gasteiger charge is 2.10. The Hall–Kier alpha value is -3.16. The van der Waals surface area contributed by atoms with Crippen LogP contribution in [-0.2, 0) is 9.59 Å². The Kier molecular flexibility index (Phi) is 5.45. The molecular weight excluding hydrogens is 308 g/mol. The van der Waals surface area contributed by atoms with Gasteiger partial charge in [-0.05, 0) is 6.42 Å². The molecule has 0 fully saturated rings. The molecule has 0 aliphatic carbocycles. The average Bonchev–Trinajstić information content (AvgIpc) is 2.47. The fourth-order valence-corrected chi connectivity index (χ4v) is 1.60. The van der Waals surface area contributed by atoms with Crippen LogP contribution in [0.25, 0.3) is 0 Å². The highest BCUT2D eigenvalue weighted by atomic mass is 16.5. The molecular formula is C15H12O8. The minimum absolute atomic E-state index is 0.0355. The largest absolute Gasteiger partial charge is 0.431 e. The molecule has 0 atom stereocenters. The molecule has 0 radical (unpaired) electrons. The number of carbonyl (C=O) groups is 2. The van der Waals surface area contributed by atoms with E-state index in [-0.39, 0.29) is 30.8 Å². The van der Waals surface area contributed by atoms with E-state index in [1.54, 1.807) is 0 Å². The number of ether oxygens (including phenoxy) is 2. The van der Waals surface area contributed by atoms with Gasteiger partial charge in [0.1, 0.15) is 11.5 Å². The van der Waals surface area contributed by atoms with E-state index in [2.05, 4.69) is 8.83 Å². The van der Waals surface area contributed by atoms with E-state index in [0.717, 1.165) is 24.7 Å². The molecule has 0 bridgehead atoms. The maximum absolute atomic E-state index is 11.5. The summed E-state index contributed by atoms with van der Waals surface area (Å²) in [6.45, 7) is 0. The van der Waals surface area contributed by atoms with Crippen molar-refractivity contribution < 1.29 is 27.9 Å². The molecule has 8 nitrogen and oxygen atoms in total. The van der Waals surface area contributed by atoms with Crippen LogP contribution in [0.4, 0.5) is 0 Å². The Morgan fingerprint density at radius 2 is 1.26 bits per heavy atom. The first-order chi connectivity index (χ1) is 11.0. The first-order valence-electron chi connectivity index (χ1n) is 6.62. The Morgan fingerprint density at radius 1 is 0.826 bits per heavy atom. The van der Waals surface area contributed by atoms with Gasteiger partial charge in [-0.25, -0.2) is 9.59 Å². The van der Waals surface area contributed by atoms with Crippen molar-refractivity contribution >= 4 is 11.9 Å². The zero-order valence-corrected chi connectivity index (χ0v) is 11.9. The molecule has 2 aromatic heterocycles. The van der Waals surface area contributed by atoms with Crippen molar-refractivity contribution in [1.82, 2.24) is 0 Å². The Morgan fingerprint density at radius 3 is 1.65 bits per heavy atom. The lowest BCUT2D eigenvalue weighted by Crippen LogP contribution is -2.12. The lowest BCUT2D eigenvalue weighted by atomic mass is 10.2. The van der Waals surface area contributed by atoms with Crippen LogP contribution in [0.5, 0.6) is 11.5 Å². The zero-order valence-electron chi connectivity index (χ0n) is 11.9. The van der Waals surface area contributed by atoms with Crippen LogP contribution < -0.4 is 20.7 Å². The van der Waals surface area contributed by atoms with Crippen molar-refractivity contribution in [3.63, 3.8) is 0 Å². The second-order valence-corrected chi connectivity index (χ2v) is 4.37. The number of carbonyl (C=O) groups excluding carboxylic acids is 2. The van der Waals surface area contributed by atoms with Gasteiger partial charge in [-0.2, -0.15) is 0 Å². The van der Waals surface area contributed by atoms with Gasteiger partial charge >= 0.3 is 23.2 Å². The second kappa shape index (κ2) is 7.74. The third kappa shape index (κ3) is 5.62. The molecule has 0 saturated carbocycles. The standard InChI is InChI=1S/C15H12O8/c16-12(22-10-4-6-20-14(18)8-10)2-1-3-13(17)23-11-5-7-21-15(19)9-11/h4-9H,1-3H2. The number of hydrogen-bond donors (Lipinski definition) is 0. The summed E-state index contributed by atoms with van der Waals surface area (Å²) < 4.78 is 18.8. The molecule has 2 rings (SSSR count). The number of esters is 2. The molecule has 8 heteroatoms. The molecule has 0 aliphatic heterocycles. The first-order valence-corrected chi connectivity index (χ1v) is 6.62. The molecule has 0 saturated heterocycles. The highest BCUT2D eigenvalue weighted by Crippen LogP contribution is 2.10. The summed E-state index contributed by atoms with van der Waals surface area (Å²) in [5.74, 6) is -1.04. The smallest absolute Gasteiger partial charge is 0.339 e. The molecule has 0 N–H and O–H groups in total. The lowest BCUT2D eigenvalue weighted by molar-refractivity contribution is -0.136. The van der Waals surface area contributed by atoms with Gasteiger partial charge in [0.15, 0.2) is 0 Å². The molecule has 0 aliphatic rings. The summed E-state index contributed by atoms with van der Waals surface area (Å²) in [5, 5.41) is 0. The van der Waals surface area contributed by atoms with Crippen LogP contribution in [0, 0.1) is 0 Å². The third-order valence-corrected chi connectivity index (χ3v) is 2.58. The third-order valence-electron chi connectivity index (χ3n) is 2.58. The van der Waals surface area contributed by atoms with Crippen molar-refractivity contribution in [2.24, 2.45) is 0 Å². The van der Waals surface area contributed by atoms with Crippen LogP contribution in [0.15, 0.2) is 55.2 Å². The Bertz CT molecular complexity index is 734. The normalized spacial score (nSPS) is 10.1. The van der Waals surface area contributed by atoms with Gasteiger partial charge in [0, 0.05) is 25.0 Å². The summed E-state index contributed by atoms with van der Waals surface area (Å²) in [5.41, 5.74) is -1.27. The van der Waals surface area contributed by atoms with Gasteiger partial charge in [0.2, 0.25) is 0 Å². The average molecular weight is 320 g/mol. The van der Waals surface area contributed by atoms with Gasteiger partial charge in [-0.15, -0.1) is 0 Å². The summed E-state index contributed by atoms with van der Waals surface area (Å²) in [4.78, 5) is 44.9. The van der Waals surface area contributed by atoms with Gasteiger partial charge in [0.25, 0.3) is 0 Å². The maximum atomic E-state index is 11.5. The van der Waals surface area contributed by atoms with Gasteiger partial charge < -0.3 is 18.3 Å². The second-order valence-electron chi connectivity index (χ2n) is 4.37. The van der Waals surface area contributed by atoms with E-state index in [1.807, 2.05) is 0 Å². The Labute approximate surface area is 129 Å². The topological polar surface area (TPSA) is 113 Å². The van der Waals surface area contributed by atoms with E-state index in [4.69, 9.17) is 9.47 Å². The van der Waals surface area contributed by atoms with E-state index < -0.39 is 23.2 Å². The molecule has 120 valence electrons. The van der Waals surface area contributed by atoms with E-state index in [9.17, 15) is 19.2 Å². The Balaban J connectivity index is 1.73. The SMILES string of the molecule is O=C(CCCC(=O)Oc1ccoc(=O)c1)Oc1ccoc(=O)c1. The molecule has 0 amide bonds. The van der Waals surface area contributed by atoms with Crippen LogP contribution in [0.1, 0.15) is 19.3 Å². The summed E-state index contributed by atoms with van der Waals surface area (Å²) in [6, 6.07) is 4.73. The van der Waals surface area contributed by atoms with Crippen molar-refractivity contribution in [3.05, 3.63) is 57.6 Å². The number of rotatable bonds is 6. The minimum Gasteiger partial charge on any atom is -0.431 e. The van der Waals surface area contributed by atoms with Crippen molar-refractivity contribution in [3.8, 4) is 11.5 Å². The van der Waals surface area contributed by atoms with Crippen molar-refractivity contribution in [1.29, 1.82) is 0 Å². The van der Waals surface area contributed by atoms with E-state index >= 15 is 0 Å². The fourth-order valence-electron chi connectivity index (χ4n) is 1.60. The zero-order chi connectivity index (χ0) is 16.7. The summed E-state index contributed by atoms with van der Waals surface area (Å²) in [6.07, 6.45) is 2.34. The maximum Gasteiger partial charge on any atom is 0.339 e. The molecule has 2 aromatic rings. The van der Waals surface area contributed by atoms with Crippen molar-refractivity contribution in [2.75, 3.05) is 0 Å². The molecule has 2 heterocycles. The van der Waals surface area contributed by atoms with Crippen LogP contribution in [-0.4, -0.2) is 11.9 Å². The van der Waals surface area contributed by atoms with Gasteiger partial charge in [-0.3, -0.25) is 9.59 Å². The quantitative estimate of drug-likeness (QED) is 0.731. The van der Waals surface area contributed by atoms with Gasteiger partial charge in [-0.1, -0.05) is 0 Å². The van der Waals surface area contributed by atoms with Crippen LogP contribution in [0.3, 0.4) is 0 Å². The minimum atomic E-state index is -0.633. The van der Waals surface area contributed by atoms with Gasteiger partial charge in [0.05, 0.1) is 24.7 Å². The fraction of sp³-hybridized carbons (Fsp3) is 0.200. The molecule has 23 heavy (non-hydrogen) atoms. The molecule has 0 aromatic carbocycles. The predicted octanol–water partition coefficient (Wildman–Crippen LogP) is 1.27. The molecule has 0 unspecified atom stereocenters. The van der Waals surface area contributed by atoms with Crippen LogP contribution in [0.2, 0.25) is 0 Å². The predicted molar refractivity (Wildman–Crippen MR) is 75.1 cm³/mol. The van der Waals surface area contributed by atoms with Crippen LogP contribution >= 0.6 is 0 Å². The lowest BCUT2D eigenvalue weighted by Gasteiger charge is -2.04. The summed E-state index contributed by atoms with van der Waals surface area (Å²) >= 11 is 0. The monoisotopic (exact) mass is 320 g/mol.